The molecular weight excluding hydrogens is 242 g/mol. The topological polar surface area (TPSA) is 66.4 Å². The lowest BCUT2D eigenvalue weighted by molar-refractivity contribution is 0.0960. The van der Waals surface area contributed by atoms with Gasteiger partial charge in [0, 0.05) is 12.4 Å². The van der Waals surface area contributed by atoms with Gasteiger partial charge in [-0.05, 0) is 23.1 Å². The number of hydrogen-bond donors (Lipinski definition) is 2. The lowest BCUT2D eigenvalue weighted by atomic mass is 9.89. The van der Waals surface area contributed by atoms with Gasteiger partial charge in [0.25, 0.3) is 5.91 Å². The summed E-state index contributed by atoms with van der Waals surface area (Å²) < 4.78 is 0. The van der Waals surface area contributed by atoms with Crippen molar-refractivity contribution in [2.75, 3.05) is 7.05 Å². The predicted octanol–water partition coefficient (Wildman–Crippen LogP) is 2.11. The molecule has 2 N–H and O–H groups in total. The molecule has 2 aromatic carbocycles. The van der Waals surface area contributed by atoms with Gasteiger partial charge in [0.15, 0.2) is 5.78 Å². The highest BCUT2D eigenvalue weighted by atomic mass is 16.3. The highest BCUT2D eigenvalue weighted by molar-refractivity contribution is 6.23. The molecule has 0 aromatic heterocycles. The molecule has 0 saturated heterocycles. The monoisotopic (exact) mass is 253 g/mol. The summed E-state index contributed by atoms with van der Waals surface area (Å²) >= 11 is 0. The van der Waals surface area contributed by atoms with E-state index in [1.54, 1.807) is 12.1 Å². The molecule has 0 heterocycles. The van der Waals surface area contributed by atoms with Gasteiger partial charge < -0.3 is 10.4 Å². The Morgan fingerprint density at radius 2 is 2.05 bits per heavy atom. The summed E-state index contributed by atoms with van der Waals surface area (Å²) in [7, 11) is 1.48. The minimum Gasteiger partial charge on any atom is -0.506 e. The molecule has 94 valence electrons. The summed E-state index contributed by atoms with van der Waals surface area (Å²) in [5.41, 5.74) is 1.19. The molecule has 0 radical (unpaired) electrons. The number of carbonyl (C=O) groups excluding carboxylic acids is 2. The zero-order valence-electron chi connectivity index (χ0n) is 10.2. The van der Waals surface area contributed by atoms with Crippen molar-refractivity contribution >= 4 is 28.5 Å². The Balaban J connectivity index is 2.47. The molecule has 3 rings (SSSR count). The number of phenols is 1. The Morgan fingerprint density at radius 1 is 1.26 bits per heavy atom. The number of carbonyl (C=O) groups is 2. The van der Waals surface area contributed by atoms with Gasteiger partial charge in [-0.15, -0.1) is 0 Å². The largest absolute Gasteiger partial charge is 0.506 e. The van der Waals surface area contributed by atoms with Gasteiger partial charge in [0.05, 0.1) is 11.1 Å². The third-order valence-electron chi connectivity index (χ3n) is 3.30. The van der Waals surface area contributed by atoms with Crippen LogP contribution >= 0.6 is 0 Å². The minimum absolute atomic E-state index is 0.116. The Hall–Kier alpha value is -2.62. The molecule has 0 bridgehead atoms. The summed E-state index contributed by atoms with van der Waals surface area (Å²) in [6, 6.07) is 7.14. The van der Waals surface area contributed by atoms with E-state index in [1.165, 1.54) is 13.1 Å². The van der Waals surface area contributed by atoms with Crippen LogP contribution in [-0.4, -0.2) is 23.8 Å². The number of phenolic OH excluding ortho intramolecular Hbond substituents is 1. The Bertz CT molecular complexity index is 760. The van der Waals surface area contributed by atoms with E-state index in [9.17, 15) is 14.7 Å². The van der Waals surface area contributed by atoms with Crippen LogP contribution in [0.5, 0.6) is 5.75 Å². The number of nitrogens with one attached hydrogen (secondary N) is 1. The van der Waals surface area contributed by atoms with E-state index in [1.807, 2.05) is 18.2 Å². The maximum atomic E-state index is 12.0. The maximum Gasteiger partial charge on any atom is 0.254 e. The molecule has 4 heteroatoms. The van der Waals surface area contributed by atoms with Crippen molar-refractivity contribution in [3.05, 3.63) is 47.0 Å². The van der Waals surface area contributed by atoms with Gasteiger partial charge >= 0.3 is 0 Å². The highest BCUT2D eigenvalue weighted by Gasteiger charge is 2.24. The van der Waals surface area contributed by atoms with Crippen molar-refractivity contribution in [2.45, 2.75) is 0 Å². The summed E-state index contributed by atoms with van der Waals surface area (Å²) in [5.74, 6) is -0.955. The zero-order valence-corrected chi connectivity index (χ0v) is 10.2. The fraction of sp³-hybridized carbons (Fsp3) is 0.0667. The van der Waals surface area contributed by atoms with Crippen molar-refractivity contribution in [1.82, 2.24) is 5.32 Å². The molecular formula is C15H11NO3. The second kappa shape index (κ2) is 3.95. The lowest BCUT2D eigenvalue weighted by Crippen LogP contribution is -2.19. The zero-order chi connectivity index (χ0) is 13.6. The number of amides is 1. The van der Waals surface area contributed by atoms with Gasteiger partial charge in [-0.1, -0.05) is 24.3 Å². The quantitative estimate of drug-likeness (QED) is 0.818. The van der Waals surface area contributed by atoms with Gasteiger partial charge in [-0.25, -0.2) is 0 Å². The van der Waals surface area contributed by atoms with Crippen LogP contribution in [0, 0.1) is 0 Å². The van der Waals surface area contributed by atoms with E-state index in [4.69, 9.17) is 0 Å². The van der Waals surface area contributed by atoms with Crippen molar-refractivity contribution < 1.29 is 14.7 Å². The van der Waals surface area contributed by atoms with Crippen LogP contribution < -0.4 is 5.32 Å². The Kier molecular flexibility index (Phi) is 2.38. The second-order valence-corrected chi connectivity index (χ2v) is 4.37. The normalized spacial score (nSPS) is 12.8. The van der Waals surface area contributed by atoms with Crippen molar-refractivity contribution in [1.29, 1.82) is 0 Å². The fourth-order valence-corrected chi connectivity index (χ4v) is 2.41. The molecule has 1 aliphatic carbocycles. The first kappa shape index (κ1) is 11.5. The van der Waals surface area contributed by atoms with E-state index < -0.39 is 5.91 Å². The number of hydrogen-bond acceptors (Lipinski definition) is 3. The van der Waals surface area contributed by atoms with E-state index in [0.717, 1.165) is 10.9 Å². The standard InChI is InChI=1S/C15H11NO3/c1-16-15(19)10-7-9-4-2-3-8-5-6-11(17)13(12(8)9)14(10)18/h2-7,18H,1H3,(H,16,19). The van der Waals surface area contributed by atoms with E-state index in [0.29, 0.717) is 5.39 Å². The predicted molar refractivity (Wildman–Crippen MR) is 72.4 cm³/mol. The van der Waals surface area contributed by atoms with Crippen LogP contribution in [0.1, 0.15) is 26.3 Å². The molecule has 0 unspecified atom stereocenters. The molecule has 0 fully saturated rings. The molecule has 1 amide bonds. The number of benzene rings is 2. The first-order chi connectivity index (χ1) is 9.13. The van der Waals surface area contributed by atoms with Crippen LogP contribution in [0.2, 0.25) is 0 Å². The Labute approximate surface area is 109 Å². The third kappa shape index (κ3) is 1.53. The van der Waals surface area contributed by atoms with Crippen LogP contribution in [-0.2, 0) is 0 Å². The third-order valence-corrected chi connectivity index (χ3v) is 3.30. The van der Waals surface area contributed by atoms with Gasteiger partial charge in [0.2, 0.25) is 0 Å². The number of rotatable bonds is 1. The fourth-order valence-electron chi connectivity index (χ4n) is 2.41. The first-order valence-corrected chi connectivity index (χ1v) is 5.86. The first-order valence-electron chi connectivity index (χ1n) is 5.86. The molecule has 2 aromatic rings. The molecule has 0 aliphatic heterocycles. The van der Waals surface area contributed by atoms with Crippen LogP contribution in [0.3, 0.4) is 0 Å². The summed E-state index contributed by atoms with van der Waals surface area (Å²) in [6.45, 7) is 0. The number of aromatic hydroxyl groups is 1. The molecule has 19 heavy (non-hydrogen) atoms. The van der Waals surface area contributed by atoms with E-state index in [2.05, 4.69) is 5.32 Å². The highest BCUT2D eigenvalue weighted by Crippen LogP contribution is 2.36. The SMILES string of the molecule is CNC(=O)c1cc2cccc3c2c(c1O)C(=O)C=C3. The Morgan fingerprint density at radius 3 is 2.79 bits per heavy atom. The molecule has 0 saturated carbocycles. The molecule has 0 spiro atoms. The van der Waals surface area contributed by atoms with Gasteiger partial charge in [-0.3, -0.25) is 9.59 Å². The maximum absolute atomic E-state index is 12.0. The lowest BCUT2D eigenvalue weighted by Gasteiger charge is -2.15. The molecule has 1 aliphatic rings. The smallest absolute Gasteiger partial charge is 0.254 e. The summed E-state index contributed by atoms with van der Waals surface area (Å²) in [6.07, 6.45) is 3.13. The minimum atomic E-state index is -0.414. The van der Waals surface area contributed by atoms with Crippen molar-refractivity contribution in [3.63, 3.8) is 0 Å². The summed E-state index contributed by atoms with van der Waals surface area (Å²) in [5, 5.41) is 14.1. The van der Waals surface area contributed by atoms with Crippen molar-refractivity contribution in [3.8, 4) is 5.75 Å². The van der Waals surface area contributed by atoms with Crippen LogP contribution in [0.25, 0.3) is 16.8 Å². The second-order valence-electron chi connectivity index (χ2n) is 4.37. The number of allylic oxidation sites excluding steroid dienone is 1. The molecule has 4 nitrogen and oxygen atoms in total. The van der Waals surface area contributed by atoms with Gasteiger partial charge in [0.1, 0.15) is 5.75 Å². The van der Waals surface area contributed by atoms with Crippen LogP contribution in [0.15, 0.2) is 30.3 Å². The average molecular weight is 253 g/mol. The van der Waals surface area contributed by atoms with Gasteiger partial charge in [-0.2, -0.15) is 0 Å². The summed E-state index contributed by atoms with van der Waals surface area (Å²) in [4.78, 5) is 23.7. The van der Waals surface area contributed by atoms with Crippen LogP contribution in [0.4, 0.5) is 0 Å². The van der Waals surface area contributed by atoms with E-state index >= 15 is 0 Å². The average Bonchev–Trinajstić information content (AvgIpc) is 2.43. The van der Waals surface area contributed by atoms with Crippen molar-refractivity contribution in [2.24, 2.45) is 0 Å². The van der Waals surface area contributed by atoms with E-state index in [-0.39, 0.29) is 22.7 Å². The molecule has 0 atom stereocenters. The number of ketones is 1.